The van der Waals surface area contributed by atoms with E-state index < -0.39 is 12.0 Å². The summed E-state index contributed by atoms with van der Waals surface area (Å²) in [7, 11) is 1.58. The Labute approximate surface area is 199 Å². The van der Waals surface area contributed by atoms with Gasteiger partial charge in [-0.05, 0) is 48.4 Å². The monoisotopic (exact) mass is 480 g/mol. The van der Waals surface area contributed by atoms with E-state index in [0.29, 0.717) is 31.4 Å². The number of aromatic nitrogens is 1. The third-order valence-electron chi connectivity index (χ3n) is 5.15. The van der Waals surface area contributed by atoms with Crippen LogP contribution in [-0.4, -0.2) is 24.3 Å². The zero-order valence-corrected chi connectivity index (χ0v) is 19.7. The molecule has 2 aromatic carbocycles. The molecule has 1 unspecified atom stereocenters. The lowest BCUT2D eigenvalue weighted by Gasteiger charge is -2.24. The van der Waals surface area contributed by atoms with Crippen molar-refractivity contribution in [1.82, 2.24) is 4.57 Å². The highest BCUT2D eigenvalue weighted by atomic mass is 35.5. The number of hydrogen-bond donors (Lipinski definition) is 0. The highest BCUT2D eigenvalue weighted by molar-refractivity contribution is 7.07. The Bertz CT molecular complexity index is 1430. The van der Waals surface area contributed by atoms with Crippen LogP contribution in [0.2, 0.25) is 5.02 Å². The summed E-state index contributed by atoms with van der Waals surface area (Å²) >= 11 is 7.36. The first-order valence-electron chi connectivity index (χ1n) is 10.1. The predicted molar refractivity (Wildman–Crippen MR) is 129 cm³/mol. The van der Waals surface area contributed by atoms with Crippen LogP contribution in [0.5, 0.6) is 5.75 Å². The topological polar surface area (TPSA) is 69.9 Å². The number of allylic oxidation sites excluding steroid dienone is 1. The third-order valence-corrected chi connectivity index (χ3v) is 6.37. The Hall–Kier alpha value is -3.42. The Morgan fingerprint density at radius 3 is 2.70 bits per heavy atom. The van der Waals surface area contributed by atoms with Gasteiger partial charge in [-0.15, -0.1) is 0 Å². The van der Waals surface area contributed by atoms with Crippen molar-refractivity contribution in [1.29, 1.82) is 0 Å². The van der Waals surface area contributed by atoms with Crippen LogP contribution in [0, 0.1) is 0 Å². The zero-order chi connectivity index (χ0) is 23.5. The average Bonchev–Trinajstić information content (AvgIpc) is 3.11. The number of ether oxygens (including phenoxy) is 2. The fraction of sp³-hybridized carbons (Fsp3) is 0.160. The van der Waals surface area contributed by atoms with Crippen molar-refractivity contribution in [2.24, 2.45) is 4.99 Å². The maximum Gasteiger partial charge on any atom is 0.338 e. The van der Waals surface area contributed by atoms with Gasteiger partial charge in [0.25, 0.3) is 5.56 Å². The minimum Gasteiger partial charge on any atom is -0.497 e. The summed E-state index contributed by atoms with van der Waals surface area (Å²) in [5.41, 5.74) is 2.10. The van der Waals surface area contributed by atoms with Crippen LogP contribution in [0.1, 0.15) is 24.1 Å². The number of nitrogens with zero attached hydrogens (tertiary/aromatic N) is 2. The largest absolute Gasteiger partial charge is 0.497 e. The first kappa shape index (κ1) is 22.8. The Morgan fingerprint density at radius 1 is 1.27 bits per heavy atom. The average molecular weight is 481 g/mol. The van der Waals surface area contributed by atoms with Gasteiger partial charge in [-0.25, -0.2) is 9.79 Å². The Kier molecular flexibility index (Phi) is 6.62. The maximum absolute atomic E-state index is 13.5. The predicted octanol–water partition coefficient (Wildman–Crippen LogP) is 3.63. The van der Waals surface area contributed by atoms with Crippen molar-refractivity contribution in [3.05, 3.63) is 108 Å². The van der Waals surface area contributed by atoms with Crippen LogP contribution in [0.15, 0.2) is 82.2 Å². The summed E-state index contributed by atoms with van der Waals surface area (Å²) < 4.78 is 12.6. The molecule has 1 aliphatic heterocycles. The first-order valence-corrected chi connectivity index (χ1v) is 11.3. The lowest BCUT2D eigenvalue weighted by atomic mass is 9.96. The van der Waals surface area contributed by atoms with Crippen molar-refractivity contribution in [3.63, 3.8) is 0 Å². The molecule has 0 saturated heterocycles. The number of methoxy groups -OCH3 is 1. The molecule has 0 amide bonds. The summed E-state index contributed by atoms with van der Waals surface area (Å²) in [5.74, 6) is 0.129. The van der Waals surface area contributed by atoms with Crippen molar-refractivity contribution in [2.75, 3.05) is 13.7 Å². The minimum absolute atomic E-state index is 0.0597. The van der Waals surface area contributed by atoms with Gasteiger partial charge >= 0.3 is 5.97 Å². The summed E-state index contributed by atoms with van der Waals surface area (Å²) in [4.78, 5) is 31.6. The molecule has 4 rings (SSSR count). The normalized spacial score (nSPS) is 15.6. The highest BCUT2D eigenvalue weighted by Crippen LogP contribution is 2.31. The molecule has 0 radical (unpaired) electrons. The Morgan fingerprint density at radius 2 is 2.03 bits per heavy atom. The lowest BCUT2D eigenvalue weighted by Crippen LogP contribution is -2.39. The fourth-order valence-electron chi connectivity index (χ4n) is 3.64. The molecule has 33 heavy (non-hydrogen) atoms. The van der Waals surface area contributed by atoms with E-state index in [-0.39, 0.29) is 12.2 Å². The van der Waals surface area contributed by atoms with E-state index in [0.717, 1.165) is 11.1 Å². The van der Waals surface area contributed by atoms with Crippen molar-refractivity contribution < 1.29 is 14.3 Å². The maximum atomic E-state index is 13.5. The number of esters is 1. The fourth-order valence-corrected chi connectivity index (χ4v) is 4.89. The smallest absolute Gasteiger partial charge is 0.338 e. The van der Waals surface area contributed by atoms with E-state index in [4.69, 9.17) is 21.1 Å². The molecule has 0 saturated carbocycles. The summed E-state index contributed by atoms with van der Waals surface area (Å²) in [6, 6.07) is 13.8. The number of rotatable bonds is 6. The molecule has 2 heterocycles. The highest BCUT2D eigenvalue weighted by Gasteiger charge is 2.33. The van der Waals surface area contributed by atoms with Gasteiger partial charge in [0.1, 0.15) is 12.4 Å². The van der Waals surface area contributed by atoms with Crippen molar-refractivity contribution in [3.8, 4) is 5.75 Å². The van der Waals surface area contributed by atoms with Crippen LogP contribution in [0.25, 0.3) is 6.08 Å². The van der Waals surface area contributed by atoms with E-state index in [2.05, 4.69) is 11.6 Å². The van der Waals surface area contributed by atoms with E-state index in [9.17, 15) is 9.59 Å². The van der Waals surface area contributed by atoms with Gasteiger partial charge in [0.2, 0.25) is 0 Å². The van der Waals surface area contributed by atoms with Crippen molar-refractivity contribution in [2.45, 2.75) is 13.0 Å². The molecular formula is C25H21ClN2O4S. The van der Waals surface area contributed by atoms with Crippen molar-refractivity contribution >= 4 is 35.0 Å². The van der Waals surface area contributed by atoms with Gasteiger partial charge in [0.05, 0.1) is 29.0 Å². The van der Waals surface area contributed by atoms with Gasteiger partial charge in [0, 0.05) is 5.02 Å². The molecule has 0 bridgehead atoms. The van der Waals surface area contributed by atoms with Crippen LogP contribution in [0.4, 0.5) is 0 Å². The first-order chi connectivity index (χ1) is 15.9. The second kappa shape index (κ2) is 9.60. The Balaban J connectivity index is 1.92. The summed E-state index contributed by atoms with van der Waals surface area (Å²) in [6.07, 6.45) is 3.27. The number of hydrogen-bond acceptors (Lipinski definition) is 6. The quantitative estimate of drug-likeness (QED) is 0.399. The van der Waals surface area contributed by atoms with Crippen LogP contribution in [0.3, 0.4) is 0 Å². The summed E-state index contributed by atoms with van der Waals surface area (Å²) in [5, 5.41) is 0.579. The van der Waals surface area contributed by atoms with Gasteiger partial charge in [-0.2, -0.15) is 0 Å². The number of halogens is 1. The number of benzene rings is 2. The second-order valence-electron chi connectivity index (χ2n) is 7.30. The molecule has 0 fully saturated rings. The van der Waals surface area contributed by atoms with Crippen LogP contribution >= 0.6 is 22.9 Å². The molecule has 0 aliphatic carbocycles. The molecule has 168 valence electrons. The molecule has 1 atom stereocenters. The number of carbonyl (C=O) groups is 1. The molecule has 0 spiro atoms. The van der Waals surface area contributed by atoms with E-state index in [1.54, 1.807) is 48.9 Å². The number of thiazole rings is 1. The molecule has 6 nitrogen and oxygen atoms in total. The van der Waals surface area contributed by atoms with Gasteiger partial charge < -0.3 is 9.47 Å². The minimum atomic E-state index is -0.689. The van der Waals surface area contributed by atoms with E-state index >= 15 is 0 Å². The van der Waals surface area contributed by atoms with Gasteiger partial charge in [-0.3, -0.25) is 9.36 Å². The molecule has 0 N–H and O–H groups in total. The zero-order valence-electron chi connectivity index (χ0n) is 18.1. The molecule has 8 heteroatoms. The molecule has 1 aliphatic rings. The molecule has 1 aromatic heterocycles. The van der Waals surface area contributed by atoms with Gasteiger partial charge in [0.15, 0.2) is 4.80 Å². The number of carbonyl (C=O) groups excluding carboxylic acids is 1. The van der Waals surface area contributed by atoms with E-state index in [1.165, 1.54) is 17.4 Å². The van der Waals surface area contributed by atoms with Crippen LogP contribution < -0.4 is 19.6 Å². The second-order valence-corrected chi connectivity index (χ2v) is 8.74. The lowest BCUT2D eigenvalue weighted by molar-refractivity contribution is -0.138. The standard InChI is InChI=1S/C25H21ClN2O4S/c1-4-12-32-24(30)21-15(2)27-25-28(22(21)17-8-10-19(31-3)11-9-17)23(29)20(33-25)14-16-6-5-7-18(26)13-16/h4-11,13-14,22H,1,12H2,2-3H3/b20-14+. The SMILES string of the molecule is C=CCOC(=O)C1=C(C)N=c2s/c(=C/c3cccc(Cl)c3)c(=O)n2C1c1ccc(OC)cc1. The number of fused-ring (bicyclic) bond motifs is 1. The molecular weight excluding hydrogens is 460 g/mol. The molecule has 3 aromatic rings. The van der Waals surface area contributed by atoms with E-state index in [1.807, 2.05) is 24.3 Å². The third kappa shape index (κ3) is 4.55. The summed E-state index contributed by atoms with van der Waals surface area (Å²) in [6.45, 7) is 5.40. The van der Waals surface area contributed by atoms with Crippen LogP contribution in [-0.2, 0) is 9.53 Å². The van der Waals surface area contributed by atoms with Gasteiger partial charge in [-0.1, -0.05) is 59.9 Å².